The van der Waals surface area contributed by atoms with Crippen LogP contribution in [0.4, 0.5) is 0 Å². The molecule has 0 N–H and O–H groups in total. The van der Waals surface area contributed by atoms with Crippen LogP contribution < -0.4 is 0 Å². The van der Waals surface area contributed by atoms with Crippen LogP contribution in [0.5, 0.6) is 0 Å². The molecule has 0 saturated carbocycles. The Morgan fingerprint density at radius 3 is 2.32 bits per heavy atom. The minimum absolute atomic E-state index is 0.916. The van der Waals surface area contributed by atoms with E-state index in [-0.39, 0.29) is 0 Å². The molecule has 0 spiro atoms. The molecule has 0 amide bonds. The number of unbranched alkanes of at least 4 members (excludes halogenated alkanes) is 8. The van der Waals surface area contributed by atoms with Crippen LogP contribution in [0, 0.1) is 0 Å². The van der Waals surface area contributed by atoms with E-state index >= 15 is 0 Å². The van der Waals surface area contributed by atoms with Gasteiger partial charge in [-0.05, 0) is 25.3 Å². The zero-order valence-electron chi connectivity index (χ0n) is 17.4. The van der Waals surface area contributed by atoms with Crippen LogP contribution in [0.2, 0.25) is 0 Å². The molecule has 0 unspecified atom stereocenters. The Hall–Kier alpha value is -1.94. The van der Waals surface area contributed by atoms with E-state index in [0.717, 1.165) is 30.8 Å². The van der Waals surface area contributed by atoms with E-state index in [9.17, 15) is 0 Å². The van der Waals surface area contributed by atoms with Gasteiger partial charge in [-0.1, -0.05) is 70.1 Å². The van der Waals surface area contributed by atoms with E-state index in [0.29, 0.717) is 0 Å². The van der Waals surface area contributed by atoms with E-state index in [4.69, 9.17) is 4.74 Å². The molecule has 3 aromatic rings. The summed E-state index contributed by atoms with van der Waals surface area (Å²) in [6.45, 7) is 5.14. The van der Waals surface area contributed by atoms with Gasteiger partial charge in [0.2, 0.25) is 0 Å². The highest BCUT2D eigenvalue weighted by molar-refractivity contribution is 6.01. The second-order valence-electron chi connectivity index (χ2n) is 7.74. The molecule has 0 aliphatic rings. The summed E-state index contributed by atoms with van der Waals surface area (Å²) in [5.41, 5.74) is 3.24. The van der Waals surface area contributed by atoms with Gasteiger partial charge in [0.15, 0.2) is 0 Å². The summed E-state index contributed by atoms with van der Waals surface area (Å²) in [7, 11) is 0. The number of fused-ring (bicyclic) bond motifs is 3. The summed E-state index contributed by atoms with van der Waals surface area (Å²) < 4.78 is 8.06. The summed E-state index contributed by atoms with van der Waals surface area (Å²) in [5.74, 6) is 0. The van der Waals surface area contributed by atoms with Crippen molar-refractivity contribution in [3.63, 3.8) is 0 Å². The van der Waals surface area contributed by atoms with Gasteiger partial charge in [0, 0.05) is 25.1 Å². The third-order valence-electron chi connectivity index (χ3n) is 5.43. The normalized spacial score (nSPS) is 11.6. The predicted octanol–water partition coefficient (Wildman–Crippen LogP) is 6.52. The molecule has 2 heterocycles. The number of ether oxygens (including phenoxy) is 1. The third-order valence-corrected chi connectivity index (χ3v) is 5.43. The number of para-hydroxylation sites is 1. The van der Waals surface area contributed by atoms with Gasteiger partial charge in [-0.3, -0.25) is 4.98 Å². The predicted molar refractivity (Wildman–Crippen MR) is 118 cm³/mol. The molecule has 0 bridgehead atoms. The highest BCUT2D eigenvalue weighted by atomic mass is 16.5. The Kier molecular flexibility index (Phi) is 8.76. The number of nitrogens with zero attached hydrogens (tertiary/aromatic N) is 3. The highest BCUT2D eigenvalue weighted by Crippen LogP contribution is 2.23. The molecular formula is C24H35N3O. The summed E-state index contributed by atoms with van der Waals surface area (Å²) in [4.78, 5) is 9.03. The molecule has 2 aromatic heterocycles. The van der Waals surface area contributed by atoms with Crippen LogP contribution in [-0.2, 0) is 11.3 Å². The van der Waals surface area contributed by atoms with E-state index in [1.165, 1.54) is 75.1 Å². The van der Waals surface area contributed by atoms with E-state index in [1.54, 1.807) is 0 Å². The van der Waals surface area contributed by atoms with Crippen molar-refractivity contribution in [2.45, 2.75) is 77.7 Å². The van der Waals surface area contributed by atoms with Gasteiger partial charge in [-0.25, -0.2) is 4.98 Å². The Bertz CT molecular complexity index is 827. The van der Waals surface area contributed by atoms with Crippen molar-refractivity contribution in [3.05, 3.63) is 36.8 Å². The molecule has 0 fully saturated rings. The highest BCUT2D eigenvalue weighted by Gasteiger charge is 2.07. The molecule has 0 atom stereocenters. The average Bonchev–Trinajstić information content (AvgIpc) is 3.15. The number of aryl methyl sites for hydroxylation is 1. The molecule has 28 heavy (non-hydrogen) atoms. The van der Waals surface area contributed by atoms with Crippen LogP contribution >= 0.6 is 0 Å². The molecule has 4 heteroatoms. The van der Waals surface area contributed by atoms with Gasteiger partial charge in [0.25, 0.3) is 0 Å². The number of benzene rings is 1. The molecule has 152 valence electrons. The van der Waals surface area contributed by atoms with Crippen LogP contribution in [0.25, 0.3) is 21.9 Å². The monoisotopic (exact) mass is 381 g/mol. The SMILES string of the molecule is CCCCCCCCOCCCCCCn1cnc2cnc3ccccc3c21. The molecule has 0 aliphatic carbocycles. The number of hydrogen-bond acceptors (Lipinski definition) is 3. The lowest BCUT2D eigenvalue weighted by Gasteiger charge is -2.07. The van der Waals surface area contributed by atoms with Crippen molar-refractivity contribution in [2.24, 2.45) is 0 Å². The smallest absolute Gasteiger partial charge is 0.107 e. The Balaban J connectivity index is 1.30. The van der Waals surface area contributed by atoms with E-state index < -0.39 is 0 Å². The number of aromatic nitrogens is 3. The number of hydrogen-bond donors (Lipinski definition) is 0. The second-order valence-corrected chi connectivity index (χ2v) is 7.74. The van der Waals surface area contributed by atoms with Crippen LogP contribution in [-0.4, -0.2) is 27.7 Å². The van der Waals surface area contributed by atoms with Gasteiger partial charge in [0.1, 0.15) is 5.52 Å². The summed E-state index contributed by atoms with van der Waals surface area (Å²) in [5, 5.41) is 1.19. The summed E-state index contributed by atoms with van der Waals surface area (Å²) in [6, 6.07) is 8.32. The van der Waals surface area contributed by atoms with E-state index in [2.05, 4.69) is 39.7 Å². The van der Waals surface area contributed by atoms with Crippen molar-refractivity contribution in [1.29, 1.82) is 0 Å². The maximum absolute atomic E-state index is 5.78. The zero-order valence-corrected chi connectivity index (χ0v) is 17.4. The minimum Gasteiger partial charge on any atom is -0.381 e. The fourth-order valence-electron chi connectivity index (χ4n) is 3.80. The van der Waals surface area contributed by atoms with Gasteiger partial charge >= 0.3 is 0 Å². The first-order chi connectivity index (χ1) is 13.9. The van der Waals surface area contributed by atoms with E-state index in [1.807, 2.05) is 18.6 Å². The quantitative estimate of drug-likeness (QED) is 0.298. The standard InChI is InChI=1S/C24H35N3O/c1-2-3-4-5-7-12-17-28-18-13-8-6-11-16-27-20-26-23-19-25-22-15-10-9-14-21(22)24(23)27/h9-10,14-15,19-20H,2-8,11-13,16-18H2,1H3. The molecule has 1 aromatic carbocycles. The van der Waals surface area contributed by atoms with Gasteiger partial charge in [-0.2, -0.15) is 0 Å². The van der Waals surface area contributed by atoms with Gasteiger partial charge < -0.3 is 9.30 Å². The maximum Gasteiger partial charge on any atom is 0.107 e. The molecular weight excluding hydrogens is 346 g/mol. The number of imidazole rings is 1. The summed E-state index contributed by atoms with van der Waals surface area (Å²) in [6.07, 6.45) is 16.7. The second kappa shape index (κ2) is 11.8. The zero-order chi connectivity index (χ0) is 19.4. The molecule has 3 rings (SSSR count). The first-order valence-corrected chi connectivity index (χ1v) is 11.2. The minimum atomic E-state index is 0.916. The lowest BCUT2D eigenvalue weighted by atomic mass is 10.1. The third kappa shape index (κ3) is 6.03. The largest absolute Gasteiger partial charge is 0.381 e. The first kappa shape index (κ1) is 20.8. The Labute approximate surface area is 169 Å². The van der Waals surface area contributed by atoms with Crippen LogP contribution in [0.1, 0.15) is 71.1 Å². The topological polar surface area (TPSA) is 39.9 Å². The number of rotatable bonds is 14. The van der Waals surface area contributed by atoms with Crippen molar-refractivity contribution in [3.8, 4) is 0 Å². The van der Waals surface area contributed by atoms with Crippen LogP contribution in [0.15, 0.2) is 36.8 Å². The number of pyridine rings is 1. The lowest BCUT2D eigenvalue weighted by Crippen LogP contribution is -1.99. The van der Waals surface area contributed by atoms with Crippen molar-refractivity contribution < 1.29 is 4.74 Å². The summed E-state index contributed by atoms with van der Waals surface area (Å²) >= 11 is 0. The average molecular weight is 382 g/mol. The molecule has 0 saturated heterocycles. The van der Waals surface area contributed by atoms with Crippen LogP contribution in [0.3, 0.4) is 0 Å². The Morgan fingerprint density at radius 2 is 1.50 bits per heavy atom. The van der Waals surface area contributed by atoms with Crippen molar-refractivity contribution in [1.82, 2.24) is 14.5 Å². The molecule has 0 radical (unpaired) electrons. The Morgan fingerprint density at radius 1 is 0.786 bits per heavy atom. The van der Waals surface area contributed by atoms with Crippen molar-refractivity contribution in [2.75, 3.05) is 13.2 Å². The lowest BCUT2D eigenvalue weighted by molar-refractivity contribution is 0.125. The van der Waals surface area contributed by atoms with Gasteiger partial charge in [-0.15, -0.1) is 0 Å². The van der Waals surface area contributed by atoms with Gasteiger partial charge in [0.05, 0.1) is 23.6 Å². The fourth-order valence-corrected chi connectivity index (χ4v) is 3.80. The molecule has 0 aliphatic heterocycles. The maximum atomic E-state index is 5.78. The van der Waals surface area contributed by atoms with Crippen molar-refractivity contribution >= 4 is 21.9 Å². The first-order valence-electron chi connectivity index (χ1n) is 11.2. The molecule has 4 nitrogen and oxygen atoms in total. The fraction of sp³-hybridized carbons (Fsp3) is 0.583.